The van der Waals surface area contributed by atoms with Crippen LogP contribution in [-0.2, 0) is 19.1 Å². The molecule has 2 saturated heterocycles. The molecule has 1 amide bonds. The van der Waals surface area contributed by atoms with Crippen LogP contribution < -0.4 is 0 Å². The Morgan fingerprint density at radius 1 is 1.35 bits per heavy atom. The summed E-state index contributed by atoms with van der Waals surface area (Å²) in [5, 5.41) is 9.46. The molecular weight excluding hydrogens is 302 g/mol. The van der Waals surface area contributed by atoms with E-state index >= 15 is 0 Å². The van der Waals surface area contributed by atoms with Gasteiger partial charge in [-0.25, -0.2) is 4.79 Å². The zero-order valence-corrected chi connectivity index (χ0v) is 14.3. The van der Waals surface area contributed by atoms with Crippen LogP contribution in [0.5, 0.6) is 0 Å². The molecule has 4 unspecified atom stereocenters. The van der Waals surface area contributed by atoms with Crippen molar-refractivity contribution >= 4 is 17.8 Å². The molecule has 0 aliphatic carbocycles. The first-order chi connectivity index (χ1) is 10.5. The largest absolute Gasteiger partial charge is 0.481 e. The van der Waals surface area contributed by atoms with E-state index in [1.54, 1.807) is 32.6 Å². The predicted octanol–water partition coefficient (Wildman–Crippen LogP) is 1.69. The summed E-state index contributed by atoms with van der Waals surface area (Å²) in [6, 6.07) is 0. The zero-order valence-electron chi connectivity index (χ0n) is 14.3. The molecular formula is C16H25NO6. The fourth-order valence-corrected chi connectivity index (χ4v) is 3.49. The molecule has 0 aromatic carbocycles. The fourth-order valence-electron chi connectivity index (χ4n) is 3.49. The molecule has 7 nitrogen and oxygen atoms in total. The normalized spacial score (nSPS) is 34.7. The Labute approximate surface area is 135 Å². The monoisotopic (exact) mass is 327 g/mol. The number of aliphatic carboxylic acids is 1. The first-order valence-corrected chi connectivity index (χ1v) is 7.90. The summed E-state index contributed by atoms with van der Waals surface area (Å²) < 4.78 is 11.2. The van der Waals surface area contributed by atoms with E-state index in [4.69, 9.17) is 9.47 Å². The van der Waals surface area contributed by atoms with Gasteiger partial charge in [-0.2, -0.15) is 0 Å². The van der Waals surface area contributed by atoms with Crippen LogP contribution in [-0.4, -0.2) is 58.2 Å². The number of amides is 1. The molecule has 2 aliphatic heterocycles. The van der Waals surface area contributed by atoms with Crippen LogP contribution in [0, 0.1) is 11.8 Å². The standard InChI is InChI=1S/C16H25NO6/c1-9-8-17(14(21)23-15(3,4)5)7-6-16(9)11(13(19)20)12(18)10(2)22-16/h9-11H,6-8H2,1-5H3,(H,19,20). The summed E-state index contributed by atoms with van der Waals surface area (Å²) in [7, 11) is 0. The average Bonchev–Trinajstić information content (AvgIpc) is 2.63. The third-order valence-electron chi connectivity index (χ3n) is 4.57. The molecule has 0 bridgehead atoms. The van der Waals surface area contributed by atoms with Gasteiger partial charge in [0.1, 0.15) is 17.6 Å². The molecule has 4 atom stereocenters. The Kier molecular flexibility index (Phi) is 4.45. The van der Waals surface area contributed by atoms with Gasteiger partial charge in [0, 0.05) is 19.0 Å². The van der Waals surface area contributed by atoms with Gasteiger partial charge < -0.3 is 19.5 Å². The molecule has 2 aliphatic rings. The van der Waals surface area contributed by atoms with Crippen molar-refractivity contribution in [1.82, 2.24) is 4.90 Å². The lowest BCUT2D eigenvalue weighted by Crippen LogP contribution is -2.57. The number of Topliss-reactive ketones (excluding diaryl/α,β-unsaturated/α-hetero) is 1. The van der Waals surface area contributed by atoms with Gasteiger partial charge in [-0.15, -0.1) is 0 Å². The minimum absolute atomic E-state index is 0.279. The van der Waals surface area contributed by atoms with Crippen molar-refractivity contribution in [1.29, 1.82) is 0 Å². The fraction of sp³-hybridized carbons (Fsp3) is 0.812. The molecule has 0 radical (unpaired) electrons. The second-order valence-corrected chi connectivity index (χ2v) is 7.47. The van der Waals surface area contributed by atoms with Crippen molar-refractivity contribution in [2.45, 2.75) is 58.3 Å². The van der Waals surface area contributed by atoms with Gasteiger partial charge in [-0.3, -0.25) is 9.59 Å². The maximum atomic E-state index is 12.2. The Morgan fingerprint density at radius 3 is 2.43 bits per heavy atom. The minimum atomic E-state index is -1.17. The lowest BCUT2D eigenvalue weighted by atomic mass is 9.72. The second kappa shape index (κ2) is 5.78. The zero-order chi connectivity index (χ0) is 17.6. The molecule has 7 heteroatoms. The van der Waals surface area contributed by atoms with E-state index in [1.165, 1.54) is 0 Å². The van der Waals surface area contributed by atoms with Gasteiger partial charge >= 0.3 is 12.1 Å². The summed E-state index contributed by atoms with van der Waals surface area (Å²) >= 11 is 0. The van der Waals surface area contributed by atoms with Crippen molar-refractivity contribution in [2.24, 2.45) is 11.8 Å². The van der Waals surface area contributed by atoms with Gasteiger partial charge in [0.2, 0.25) is 0 Å². The van der Waals surface area contributed by atoms with Crippen molar-refractivity contribution in [3.63, 3.8) is 0 Å². The van der Waals surface area contributed by atoms with E-state index in [1.807, 2.05) is 6.92 Å². The summed E-state index contributed by atoms with van der Waals surface area (Å²) in [6.07, 6.45) is -0.851. The number of hydrogen-bond acceptors (Lipinski definition) is 5. The molecule has 0 saturated carbocycles. The molecule has 2 heterocycles. The van der Waals surface area contributed by atoms with Gasteiger partial charge in [-0.1, -0.05) is 6.92 Å². The van der Waals surface area contributed by atoms with E-state index < -0.39 is 41.1 Å². The third kappa shape index (κ3) is 3.20. The van der Waals surface area contributed by atoms with Crippen LogP contribution in [0.1, 0.15) is 41.0 Å². The Balaban J connectivity index is 2.16. The maximum absolute atomic E-state index is 12.2. The van der Waals surface area contributed by atoms with Crippen LogP contribution in [0.15, 0.2) is 0 Å². The van der Waals surface area contributed by atoms with Crippen molar-refractivity contribution in [2.75, 3.05) is 13.1 Å². The Hall–Kier alpha value is -1.63. The minimum Gasteiger partial charge on any atom is -0.481 e. The highest BCUT2D eigenvalue weighted by molar-refractivity contribution is 6.03. The first kappa shape index (κ1) is 17.7. The molecule has 2 fully saturated rings. The van der Waals surface area contributed by atoms with E-state index in [9.17, 15) is 19.5 Å². The van der Waals surface area contributed by atoms with Gasteiger partial charge in [-0.05, 0) is 34.1 Å². The molecule has 23 heavy (non-hydrogen) atoms. The topological polar surface area (TPSA) is 93.1 Å². The third-order valence-corrected chi connectivity index (χ3v) is 4.57. The number of ketones is 1. The highest BCUT2D eigenvalue weighted by atomic mass is 16.6. The molecule has 0 aromatic heterocycles. The SMILES string of the molecule is CC1OC2(CCN(C(=O)OC(C)(C)C)CC2C)C(C(=O)O)C1=O. The highest BCUT2D eigenvalue weighted by Gasteiger charge is 2.61. The second-order valence-electron chi connectivity index (χ2n) is 7.47. The van der Waals surface area contributed by atoms with Crippen molar-refractivity contribution < 1.29 is 29.0 Å². The maximum Gasteiger partial charge on any atom is 0.410 e. The van der Waals surface area contributed by atoms with Crippen LogP contribution in [0.4, 0.5) is 4.79 Å². The lowest BCUT2D eigenvalue weighted by Gasteiger charge is -2.45. The summed E-state index contributed by atoms with van der Waals surface area (Å²) in [5.41, 5.74) is -1.63. The van der Waals surface area contributed by atoms with Gasteiger partial charge in [0.25, 0.3) is 0 Å². The van der Waals surface area contributed by atoms with Gasteiger partial charge in [0.05, 0.1) is 5.60 Å². The number of carbonyl (C=O) groups is 3. The van der Waals surface area contributed by atoms with E-state index in [2.05, 4.69) is 0 Å². The number of carboxylic acid groups (broad SMARTS) is 1. The Bertz CT molecular complexity index is 525. The average molecular weight is 327 g/mol. The number of ether oxygens (including phenoxy) is 2. The van der Waals surface area contributed by atoms with Crippen molar-refractivity contribution in [3.05, 3.63) is 0 Å². The number of piperidine rings is 1. The number of hydrogen-bond donors (Lipinski definition) is 1. The number of carboxylic acids is 1. The molecule has 2 rings (SSSR count). The van der Waals surface area contributed by atoms with Gasteiger partial charge in [0.15, 0.2) is 5.78 Å². The lowest BCUT2D eigenvalue weighted by molar-refractivity contribution is -0.160. The summed E-state index contributed by atoms with van der Waals surface area (Å²) in [4.78, 5) is 37.5. The van der Waals surface area contributed by atoms with Crippen LogP contribution in [0.2, 0.25) is 0 Å². The highest BCUT2D eigenvalue weighted by Crippen LogP contribution is 2.45. The first-order valence-electron chi connectivity index (χ1n) is 7.90. The van der Waals surface area contributed by atoms with E-state index in [0.717, 1.165) is 0 Å². The quantitative estimate of drug-likeness (QED) is 0.737. The summed E-state index contributed by atoms with van der Waals surface area (Å²) in [5.74, 6) is -3.00. The molecule has 1 spiro atoms. The number of rotatable bonds is 1. The molecule has 130 valence electrons. The molecule has 1 N–H and O–H groups in total. The van der Waals surface area contributed by atoms with E-state index in [-0.39, 0.29) is 5.92 Å². The number of nitrogens with zero attached hydrogens (tertiary/aromatic N) is 1. The smallest absolute Gasteiger partial charge is 0.410 e. The predicted molar refractivity (Wildman–Crippen MR) is 81.0 cm³/mol. The Morgan fingerprint density at radius 2 is 1.96 bits per heavy atom. The van der Waals surface area contributed by atoms with Crippen molar-refractivity contribution in [3.8, 4) is 0 Å². The van der Waals surface area contributed by atoms with Crippen LogP contribution in [0.3, 0.4) is 0 Å². The van der Waals surface area contributed by atoms with Crippen LogP contribution >= 0.6 is 0 Å². The molecule has 0 aromatic rings. The number of likely N-dealkylation sites (tertiary alicyclic amines) is 1. The number of carbonyl (C=O) groups excluding carboxylic acids is 2. The van der Waals surface area contributed by atoms with Crippen LogP contribution in [0.25, 0.3) is 0 Å². The van der Waals surface area contributed by atoms with E-state index in [0.29, 0.717) is 19.5 Å². The summed E-state index contributed by atoms with van der Waals surface area (Å²) in [6.45, 7) is 9.39.